The monoisotopic (exact) mass is 495 g/mol. The van der Waals surface area contributed by atoms with Crippen molar-refractivity contribution in [1.29, 1.82) is 0 Å². The molecule has 36 heavy (non-hydrogen) atoms. The quantitative estimate of drug-likeness (QED) is 0.691. The lowest BCUT2D eigenvalue weighted by Gasteiger charge is -2.32. The molecule has 0 saturated carbocycles. The average Bonchev–Trinajstić information content (AvgIpc) is 3.33. The van der Waals surface area contributed by atoms with Gasteiger partial charge in [0.05, 0.1) is 0 Å². The van der Waals surface area contributed by atoms with E-state index in [4.69, 9.17) is 0 Å². The molecular weight excluding hydrogens is 468 g/mol. The van der Waals surface area contributed by atoms with Crippen LogP contribution in [0.25, 0.3) is 0 Å². The first-order valence-electron chi connectivity index (χ1n) is 12.3. The third kappa shape index (κ3) is 4.21. The van der Waals surface area contributed by atoms with Crippen molar-refractivity contribution in [3.63, 3.8) is 0 Å². The first-order valence-corrected chi connectivity index (χ1v) is 12.3. The number of ether oxygens (including phenoxy) is 2. The van der Waals surface area contributed by atoms with E-state index >= 15 is 0 Å². The molecule has 0 aliphatic carbocycles. The fraction of sp³-hybridized carbons (Fsp3) is 0.407. The fourth-order valence-electron chi connectivity index (χ4n) is 5.70. The summed E-state index contributed by atoms with van der Waals surface area (Å²) in [5, 5.41) is 2.78. The predicted octanol–water partition coefficient (Wildman–Crippen LogP) is 4.14. The molecule has 4 aliphatic heterocycles. The zero-order valence-electron chi connectivity index (χ0n) is 19.8. The van der Waals surface area contributed by atoms with Gasteiger partial charge in [-0.25, -0.2) is 0 Å². The molecule has 0 radical (unpaired) electrons. The molecule has 7 nitrogen and oxygen atoms in total. The molecule has 2 aromatic rings. The van der Waals surface area contributed by atoms with Crippen LogP contribution in [-0.2, 0) is 17.9 Å². The van der Waals surface area contributed by atoms with E-state index in [-0.39, 0.29) is 23.3 Å². The summed E-state index contributed by atoms with van der Waals surface area (Å²) in [7, 11) is 0. The second-order valence-electron chi connectivity index (χ2n) is 10.00. The normalized spacial score (nSPS) is 23.7. The molecular formula is C27H27F2N3O4. The van der Waals surface area contributed by atoms with E-state index in [0.717, 1.165) is 37.1 Å². The zero-order valence-corrected chi connectivity index (χ0v) is 19.8. The smallest absolute Gasteiger partial charge is 0.395 e. The molecule has 2 fully saturated rings. The number of hydrogen-bond acceptors (Lipinski definition) is 5. The highest BCUT2D eigenvalue weighted by atomic mass is 19.3. The largest absolute Gasteiger partial charge is 0.586 e. The molecule has 0 spiro atoms. The standard InChI is InChI=1S/C27H27F2N3O4/c1-16-2-6-22(25(33)30-16)32-15-20-13-19(4-5-21(20)26(32)34)18-8-10-31(11-9-18)14-17-3-7-23-24(12-17)36-27(28,29)35-23/h3-5,7,12-13,18,22H,1-2,6,8-11,14-15H2,(H,30,33). The van der Waals surface area contributed by atoms with Crippen LogP contribution in [-0.4, -0.2) is 47.0 Å². The number of hydrogen-bond donors (Lipinski definition) is 1. The summed E-state index contributed by atoms with van der Waals surface area (Å²) in [5.41, 5.74) is 4.49. The van der Waals surface area contributed by atoms with Gasteiger partial charge in [0.25, 0.3) is 5.91 Å². The Bertz CT molecular complexity index is 1260. The Labute approximate surface area is 207 Å². The molecule has 0 bridgehead atoms. The highest BCUT2D eigenvalue weighted by molar-refractivity contribution is 6.01. The summed E-state index contributed by atoms with van der Waals surface area (Å²) >= 11 is 0. The Morgan fingerprint density at radius 3 is 2.58 bits per heavy atom. The van der Waals surface area contributed by atoms with Gasteiger partial charge in [0.1, 0.15) is 6.04 Å². The van der Waals surface area contributed by atoms with Crippen LogP contribution < -0.4 is 14.8 Å². The van der Waals surface area contributed by atoms with Gasteiger partial charge in [-0.05, 0) is 79.6 Å². The average molecular weight is 496 g/mol. The van der Waals surface area contributed by atoms with Crippen molar-refractivity contribution in [1.82, 2.24) is 15.1 Å². The zero-order chi connectivity index (χ0) is 25.0. The lowest BCUT2D eigenvalue weighted by Crippen LogP contribution is -2.49. The molecule has 2 saturated heterocycles. The number of benzene rings is 2. The first kappa shape index (κ1) is 23.0. The van der Waals surface area contributed by atoms with Gasteiger partial charge in [-0.1, -0.05) is 24.8 Å². The first-order chi connectivity index (χ1) is 17.3. The summed E-state index contributed by atoms with van der Waals surface area (Å²) in [5.74, 6) is 0.277. The second kappa shape index (κ2) is 8.58. The van der Waals surface area contributed by atoms with Gasteiger partial charge in [0.2, 0.25) is 5.91 Å². The van der Waals surface area contributed by atoms with Gasteiger partial charge >= 0.3 is 6.29 Å². The van der Waals surface area contributed by atoms with E-state index in [2.05, 4.69) is 32.3 Å². The molecule has 1 N–H and O–H groups in total. The third-order valence-electron chi connectivity index (χ3n) is 7.59. The van der Waals surface area contributed by atoms with E-state index in [9.17, 15) is 18.4 Å². The highest BCUT2D eigenvalue weighted by Gasteiger charge is 2.43. The van der Waals surface area contributed by atoms with Gasteiger partial charge in [-0.2, -0.15) is 0 Å². The fourth-order valence-corrected chi connectivity index (χ4v) is 5.70. The highest BCUT2D eigenvalue weighted by Crippen LogP contribution is 2.41. The topological polar surface area (TPSA) is 71.1 Å². The number of rotatable bonds is 4. The number of nitrogens with zero attached hydrogens (tertiary/aromatic N) is 2. The Balaban J connectivity index is 1.08. The molecule has 4 aliphatic rings. The molecule has 0 aromatic heterocycles. The number of nitrogens with one attached hydrogen (secondary N) is 1. The van der Waals surface area contributed by atoms with Crippen molar-refractivity contribution < 1.29 is 27.8 Å². The number of halogens is 2. The molecule has 9 heteroatoms. The Morgan fingerprint density at radius 2 is 1.81 bits per heavy atom. The number of amides is 2. The van der Waals surface area contributed by atoms with Crippen LogP contribution in [0.4, 0.5) is 8.78 Å². The van der Waals surface area contributed by atoms with Crippen molar-refractivity contribution in [3.05, 3.63) is 70.9 Å². The van der Waals surface area contributed by atoms with E-state index in [1.54, 1.807) is 17.0 Å². The van der Waals surface area contributed by atoms with E-state index in [0.29, 0.717) is 43.1 Å². The minimum atomic E-state index is -3.60. The summed E-state index contributed by atoms with van der Waals surface area (Å²) in [6.07, 6.45) is -0.395. The minimum Gasteiger partial charge on any atom is -0.395 e. The van der Waals surface area contributed by atoms with E-state index in [1.807, 2.05) is 12.1 Å². The summed E-state index contributed by atoms with van der Waals surface area (Å²) < 4.78 is 35.6. The molecule has 1 unspecified atom stereocenters. The number of fused-ring (bicyclic) bond motifs is 2. The number of allylic oxidation sites excluding steroid dienone is 1. The number of piperidine rings is 2. The van der Waals surface area contributed by atoms with Crippen molar-refractivity contribution in [2.45, 2.75) is 57.0 Å². The number of carbonyl (C=O) groups excluding carboxylic acids is 2. The van der Waals surface area contributed by atoms with Crippen molar-refractivity contribution >= 4 is 11.8 Å². The van der Waals surface area contributed by atoms with Crippen LogP contribution in [0.1, 0.15) is 58.6 Å². The van der Waals surface area contributed by atoms with Crippen LogP contribution in [0.2, 0.25) is 0 Å². The number of likely N-dealkylation sites (tertiary alicyclic amines) is 1. The maximum absolute atomic E-state index is 13.3. The van der Waals surface area contributed by atoms with Crippen LogP contribution in [0.3, 0.4) is 0 Å². The van der Waals surface area contributed by atoms with Gasteiger partial charge in [-0.3, -0.25) is 14.5 Å². The van der Waals surface area contributed by atoms with E-state index in [1.165, 1.54) is 11.6 Å². The van der Waals surface area contributed by atoms with Crippen molar-refractivity contribution in [3.8, 4) is 11.5 Å². The number of carbonyl (C=O) groups is 2. The summed E-state index contributed by atoms with van der Waals surface area (Å²) in [6.45, 7) is 6.68. The molecule has 2 aromatic carbocycles. The lowest BCUT2D eigenvalue weighted by atomic mass is 9.87. The maximum atomic E-state index is 13.3. The van der Waals surface area contributed by atoms with Gasteiger partial charge in [0, 0.05) is 24.4 Å². The Hall–Kier alpha value is -3.46. The molecule has 2 amide bonds. The summed E-state index contributed by atoms with van der Waals surface area (Å²) in [6, 6.07) is 10.6. The lowest BCUT2D eigenvalue weighted by molar-refractivity contribution is -0.286. The Morgan fingerprint density at radius 1 is 1.03 bits per heavy atom. The van der Waals surface area contributed by atoms with Crippen molar-refractivity contribution in [2.24, 2.45) is 0 Å². The molecule has 1 atom stereocenters. The summed E-state index contributed by atoms with van der Waals surface area (Å²) in [4.78, 5) is 29.4. The van der Waals surface area contributed by atoms with Crippen molar-refractivity contribution in [2.75, 3.05) is 13.1 Å². The molecule has 6 rings (SSSR count). The predicted molar refractivity (Wildman–Crippen MR) is 127 cm³/mol. The van der Waals surface area contributed by atoms with Gasteiger partial charge in [0.15, 0.2) is 11.5 Å². The third-order valence-corrected chi connectivity index (χ3v) is 7.59. The van der Waals surface area contributed by atoms with Crippen LogP contribution in [0, 0.1) is 0 Å². The van der Waals surface area contributed by atoms with Crippen LogP contribution in [0.5, 0.6) is 11.5 Å². The minimum absolute atomic E-state index is 0.0608. The van der Waals surface area contributed by atoms with E-state index < -0.39 is 12.3 Å². The van der Waals surface area contributed by atoms with Crippen LogP contribution >= 0.6 is 0 Å². The van der Waals surface area contributed by atoms with Gasteiger partial charge < -0.3 is 19.7 Å². The maximum Gasteiger partial charge on any atom is 0.586 e. The number of alkyl halides is 2. The Kier molecular flexibility index (Phi) is 5.48. The molecule has 188 valence electrons. The van der Waals surface area contributed by atoms with Crippen LogP contribution in [0.15, 0.2) is 48.7 Å². The SMILES string of the molecule is C=C1CCC(N2Cc3cc(C4CCN(Cc5ccc6c(c5)OC(F)(F)O6)CC4)ccc3C2=O)C(=O)N1. The van der Waals surface area contributed by atoms with Gasteiger partial charge in [-0.15, -0.1) is 8.78 Å². The molecule has 4 heterocycles. The second-order valence-corrected chi connectivity index (χ2v) is 10.00.